The van der Waals surface area contributed by atoms with E-state index in [1.807, 2.05) is 62.4 Å². The van der Waals surface area contributed by atoms with Gasteiger partial charge < -0.3 is 14.8 Å². The molecule has 0 saturated carbocycles. The summed E-state index contributed by atoms with van der Waals surface area (Å²) in [6.45, 7) is 7.10. The van der Waals surface area contributed by atoms with Crippen molar-refractivity contribution in [3.05, 3.63) is 137 Å². The summed E-state index contributed by atoms with van der Waals surface area (Å²) in [4.78, 5) is 13.3. The number of fused-ring (bicyclic) bond motifs is 1. The summed E-state index contributed by atoms with van der Waals surface area (Å²) < 4.78 is 11.1. The van der Waals surface area contributed by atoms with Crippen LogP contribution in [0.5, 0.6) is 5.75 Å². The number of hydrogen-bond acceptors (Lipinski definition) is 4. The van der Waals surface area contributed by atoms with Gasteiger partial charge in [0.15, 0.2) is 0 Å². The third kappa shape index (κ3) is 5.93. The molecule has 5 aromatic carbocycles. The topological polar surface area (TPSA) is 47.6 Å². The summed E-state index contributed by atoms with van der Waals surface area (Å²) in [5, 5.41) is 5.99. The Kier molecular flexibility index (Phi) is 8.28. The third-order valence-corrected chi connectivity index (χ3v) is 7.51. The Bertz CT molecular complexity index is 1640. The summed E-state index contributed by atoms with van der Waals surface area (Å²) in [5.41, 5.74) is 7.94. The van der Waals surface area contributed by atoms with E-state index >= 15 is 0 Å². The SMILES string of the molecule is COc1cccc([C@@H](C)NCc2cc(-c3ccc(C)c(C(=O)OCc4ccccc4)c3C)c3ccccc3c2)c1. The number of aryl methyl sites for hydroxylation is 1. The first-order valence-corrected chi connectivity index (χ1v) is 13.6. The molecule has 4 heteroatoms. The quantitative estimate of drug-likeness (QED) is 0.195. The van der Waals surface area contributed by atoms with Gasteiger partial charge in [0.1, 0.15) is 12.4 Å². The van der Waals surface area contributed by atoms with Crippen LogP contribution in [0.3, 0.4) is 0 Å². The van der Waals surface area contributed by atoms with E-state index in [4.69, 9.17) is 9.47 Å². The number of ether oxygens (including phenoxy) is 2. The van der Waals surface area contributed by atoms with E-state index in [0.717, 1.165) is 39.0 Å². The smallest absolute Gasteiger partial charge is 0.339 e. The van der Waals surface area contributed by atoms with E-state index in [1.165, 1.54) is 16.5 Å². The van der Waals surface area contributed by atoms with Crippen LogP contribution in [0.2, 0.25) is 0 Å². The van der Waals surface area contributed by atoms with Crippen molar-refractivity contribution in [1.29, 1.82) is 0 Å². The van der Waals surface area contributed by atoms with E-state index < -0.39 is 0 Å². The molecule has 4 nitrogen and oxygen atoms in total. The second-order valence-electron chi connectivity index (χ2n) is 10.2. The zero-order chi connectivity index (χ0) is 28.1. The molecule has 0 aliphatic heterocycles. The van der Waals surface area contributed by atoms with Crippen LogP contribution in [0.1, 0.15) is 51.1 Å². The van der Waals surface area contributed by atoms with Gasteiger partial charge >= 0.3 is 5.97 Å². The van der Waals surface area contributed by atoms with Gasteiger partial charge in [-0.3, -0.25) is 0 Å². The summed E-state index contributed by atoms with van der Waals surface area (Å²) in [5.74, 6) is 0.557. The maximum atomic E-state index is 13.3. The van der Waals surface area contributed by atoms with Gasteiger partial charge in [0.2, 0.25) is 0 Å². The van der Waals surface area contributed by atoms with Crippen molar-refractivity contribution in [2.24, 2.45) is 0 Å². The minimum Gasteiger partial charge on any atom is -0.497 e. The lowest BCUT2D eigenvalue weighted by Gasteiger charge is -2.18. The summed E-state index contributed by atoms with van der Waals surface area (Å²) in [6, 6.07) is 35.1. The lowest BCUT2D eigenvalue weighted by Crippen LogP contribution is -2.18. The number of esters is 1. The average molecular weight is 530 g/mol. The predicted molar refractivity (Wildman–Crippen MR) is 163 cm³/mol. The molecule has 0 amide bonds. The van der Waals surface area contributed by atoms with Crippen LogP contribution in [0.15, 0.2) is 103 Å². The van der Waals surface area contributed by atoms with Gasteiger partial charge in [0, 0.05) is 12.6 Å². The number of carbonyl (C=O) groups excluding carboxylic acids is 1. The number of nitrogens with one attached hydrogen (secondary N) is 1. The Morgan fingerprint density at radius 1 is 0.800 bits per heavy atom. The molecule has 0 bridgehead atoms. The molecule has 0 aliphatic carbocycles. The minimum atomic E-state index is -0.296. The van der Waals surface area contributed by atoms with Crippen LogP contribution in [0, 0.1) is 13.8 Å². The number of methoxy groups -OCH3 is 1. The maximum absolute atomic E-state index is 13.3. The number of carbonyl (C=O) groups is 1. The highest BCUT2D eigenvalue weighted by atomic mass is 16.5. The van der Waals surface area contributed by atoms with Crippen LogP contribution < -0.4 is 10.1 Å². The summed E-state index contributed by atoms with van der Waals surface area (Å²) in [6.07, 6.45) is 0. The molecule has 0 unspecified atom stereocenters. The van der Waals surface area contributed by atoms with Crippen LogP contribution in [-0.4, -0.2) is 13.1 Å². The maximum Gasteiger partial charge on any atom is 0.339 e. The molecular formula is C36H35NO3. The van der Waals surface area contributed by atoms with Gasteiger partial charge in [0.25, 0.3) is 0 Å². The molecule has 1 atom stereocenters. The van der Waals surface area contributed by atoms with Crippen molar-refractivity contribution < 1.29 is 14.3 Å². The van der Waals surface area contributed by atoms with E-state index in [2.05, 4.69) is 66.8 Å². The highest BCUT2D eigenvalue weighted by molar-refractivity contribution is 6.01. The standard InChI is InChI=1S/C36H35NO3/c1-24-17-18-32(25(2)35(24)36(38)40-23-27-11-6-5-7-12-27)34-20-28(19-30-13-8-9-16-33(30)34)22-37-26(3)29-14-10-15-31(21-29)39-4/h5-21,26,37H,22-23H2,1-4H3/t26-/m1/s1. The van der Waals surface area contributed by atoms with E-state index in [-0.39, 0.29) is 18.6 Å². The normalized spacial score (nSPS) is 11.8. The lowest BCUT2D eigenvalue weighted by molar-refractivity contribution is 0.0471. The van der Waals surface area contributed by atoms with Gasteiger partial charge in [0.05, 0.1) is 12.7 Å². The fraction of sp³-hybridized carbons (Fsp3) is 0.194. The molecule has 0 saturated heterocycles. The van der Waals surface area contributed by atoms with Crippen molar-refractivity contribution in [3.8, 4) is 16.9 Å². The monoisotopic (exact) mass is 529 g/mol. The molecule has 0 spiro atoms. The fourth-order valence-corrected chi connectivity index (χ4v) is 5.25. The molecule has 40 heavy (non-hydrogen) atoms. The third-order valence-electron chi connectivity index (χ3n) is 7.51. The highest BCUT2D eigenvalue weighted by Gasteiger charge is 2.19. The molecule has 0 aliphatic rings. The Labute approximate surface area is 236 Å². The molecule has 0 fully saturated rings. The lowest BCUT2D eigenvalue weighted by atomic mass is 9.89. The zero-order valence-electron chi connectivity index (χ0n) is 23.5. The largest absolute Gasteiger partial charge is 0.497 e. The van der Waals surface area contributed by atoms with Gasteiger partial charge in [-0.2, -0.15) is 0 Å². The van der Waals surface area contributed by atoms with Crippen molar-refractivity contribution in [2.45, 2.75) is 40.0 Å². The van der Waals surface area contributed by atoms with Crippen molar-refractivity contribution in [2.75, 3.05) is 7.11 Å². The molecule has 1 N–H and O–H groups in total. The molecule has 0 heterocycles. The molecule has 0 radical (unpaired) electrons. The Morgan fingerprint density at radius 3 is 2.38 bits per heavy atom. The summed E-state index contributed by atoms with van der Waals surface area (Å²) in [7, 11) is 1.69. The first kappa shape index (κ1) is 27.2. The van der Waals surface area contributed by atoms with E-state index in [1.54, 1.807) is 7.11 Å². The first-order chi connectivity index (χ1) is 19.4. The van der Waals surface area contributed by atoms with Crippen molar-refractivity contribution in [1.82, 2.24) is 5.32 Å². The molecule has 202 valence electrons. The van der Waals surface area contributed by atoms with Gasteiger partial charge in [-0.15, -0.1) is 0 Å². The molecule has 5 rings (SSSR count). The number of hydrogen-bond donors (Lipinski definition) is 1. The van der Waals surface area contributed by atoms with Gasteiger partial charge in [-0.1, -0.05) is 78.9 Å². The highest BCUT2D eigenvalue weighted by Crippen LogP contribution is 2.35. The van der Waals surface area contributed by atoms with E-state index in [0.29, 0.717) is 12.1 Å². The zero-order valence-corrected chi connectivity index (χ0v) is 23.5. The van der Waals surface area contributed by atoms with Gasteiger partial charge in [-0.05, 0) is 94.8 Å². The molecule has 0 aromatic heterocycles. The van der Waals surface area contributed by atoms with Crippen molar-refractivity contribution in [3.63, 3.8) is 0 Å². The van der Waals surface area contributed by atoms with Crippen LogP contribution >= 0.6 is 0 Å². The average Bonchev–Trinajstić information content (AvgIpc) is 2.99. The number of benzene rings is 5. The van der Waals surface area contributed by atoms with Crippen LogP contribution in [-0.2, 0) is 17.9 Å². The van der Waals surface area contributed by atoms with Gasteiger partial charge in [-0.25, -0.2) is 4.79 Å². The van der Waals surface area contributed by atoms with Crippen LogP contribution in [0.4, 0.5) is 0 Å². The second-order valence-corrected chi connectivity index (χ2v) is 10.2. The Balaban J connectivity index is 1.46. The fourth-order valence-electron chi connectivity index (χ4n) is 5.25. The van der Waals surface area contributed by atoms with Crippen LogP contribution in [0.25, 0.3) is 21.9 Å². The predicted octanol–water partition coefficient (Wildman–Crippen LogP) is 8.34. The summed E-state index contributed by atoms with van der Waals surface area (Å²) >= 11 is 0. The minimum absolute atomic E-state index is 0.150. The van der Waals surface area contributed by atoms with Crippen molar-refractivity contribution >= 4 is 16.7 Å². The van der Waals surface area contributed by atoms with E-state index in [9.17, 15) is 4.79 Å². The Hall–Kier alpha value is -4.41. The first-order valence-electron chi connectivity index (χ1n) is 13.6. The molecular weight excluding hydrogens is 494 g/mol. The Morgan fingerprint density at radius 2 is 1.57 bits per heavy atom. The molecule has 5 aromatic rings. The number of rotatable bonds is 9. The second kappa shape index (κ2) is 12.2.